The minimum atomic E-state index is -0.0171. The molecule has 1 heterocycles. The Kier molecular flexibility index (Phi) is 7.66. The Morgan fingerprint density at radius 3 is 2.50 bits per heavy atom. The van der Waals surface area contributed by atoms with Gasteiger partial charge in [0.15, 0.2) is 5.96 Å². The Bertz CT molecular complexity index is 718. The maximum Gasteiger partial charge on any atom is 0.243 e. The van der Waals surface area contributed by atoms with Gasteiger partial charge in [0, 0.05) is 25.5 Å². The molecule has 0 bridgehead atoms. The zero-order valence-corrected chi connectivity index (χ0v) is 16.8. The number of hydrogen-bond donors (Lipinski definition) is 2. The molecule has 0 atom stereocenters. The van der Waals surface area contributed by atoms with Crippen LogP contribution in [0, 0.1) is 13.8 Å². The molecular weight excluding hydrogens is 344 g/mol. The van der Waals surface area contributed by atoms with Gasteiger partial charge in [-0.3, -0.25) is 4.79 Å². The SMILES string of the molecule is Cc1cc(C)cc(CCNC(=NCC(=O)N(C)C)NCc2cccs2)c1. The zero-order chi connectivity index (χ0) is 18.9. The van der Waals surface area contributed by atoms with Crippen molar-refractivity contribution in [2.45, 2.75) is 26.8 Å². The molecule has 0 aliphatic carbocycles. The standard InChI is InChI=1S/C20H28N4OS/c1-15-10-16(2)12-17(11-15)7-8-21-20(23-14-19(25)24(3)4)22-13-18-6-5-9-26-18/h5-6,9-12H,7-8,13-14H2,1-4H3,(H2,21,22,23). The lowest BCUT2D eigenvalue weighted by Crippen LogP contribution is -2.39. The smallest absolute Gasteiger partial charge is 0.243 e. The Morgan fingerprint density at radius 2 is 1.88 bits per heavy atom. The van der Waals surface area contributed by atoms with Gasteiger partial charge >= 0.3 is 0 Å². The zero-order valence-electron chi connectivity index (χ0n) is 16.0. The molecule has 1 aromatic carbocycles. The first-order chi connectivity index (χ1) is 12.4. The van der Waals surface area contributed by atoms with Gasteiger partial charge in [0.2, 0.25) is 5.91 Å². The van der Waals surface area contributed by atoms with E-state index in [0.29, 0.717) is 12.5 Å². The van der Waals surface area contributed by atoms with Gasteiger partial charge in [-0.25, -0.2) is 4.99 Å². The number of benzene rings is 1. The maximum atomic E-state index is 11.8. The highest BCUT2D eigenvalue weighted by atomic mass is 32.1. The van der Waals surface area contributed by atoms with E-state index in [1.54, 1.807) is 30.3 Å². The quantitative estimate of drug-likeness (QED) is 0.580. The van der Waals surface area contributed by atoms with E-state index in [-0.39, 0.29) is 12.5 Å². The third-order valence-electron chi connectivity index (χ3n) is 3.87. The summed E-state index contributed by atoms with van der Waals surface area (Å²) in [5.41, 5.74) is 3.86. The average molecular weight is 373 g/mol. The van der Waals surface area contributed by atoms with Crippen LogP contribution >= 0.6 is 11.3 Å². The summed E-state index contributed by atoms with van der Waals surface area (Å²) < 4.78 is 0. The number of likely N-dealkylation sites (N-methyl/N-ethyl adjacent to an activating group) is 1. The fraction of sp³-hybridized carbons (Fsp3) is 0.400. The second-order valence-corrected chi connectivity index (χ2v) is 7.59. The van der Waals surface area contributed by atoms with Crippen molar-refractivity contribution in [3.63, 3.8) is 0 Å². The van der Waals surface area contributed by atoms with Gasteiger partial charge < -0.3 is 15.5 Å². The van der Waals surface area contributed by atoms with Crippen LogP contribution in [0.15, 0.2) is 40.7 Å². The number of aryl methyl sites for hydroxylation is 2. The number of hydrogen-bond acceptors (Lipinski definition) is 3. The van der Waals surface area contributed by atoms with E-state index in [9.17, 15) is 4.79 Å². The lowest BCUT2D eigenvalue weighted by Gasteiger charge is -2.14. The second-order valence-electron chi connectivity index (χ2n) is 6.56. The summed E-state index contributed by atoms with van der Waals surface area (Å²) in [5.74, 6) is 0.648. The van der Waals surface area contributed by atoms with E-state index < -0.39 is 0 Å². The van der Waals surface area contributed by atoms with Gasteiger partial charge in [-0.1, -0.05) is 35.4 Å². The van der Waals surface area contributed by atoms with Crippen LogP contribution in [0.1, 0.15) is 21.6 Å². The topological polar surface area (TPSA) is 56.7 Å². The lowest BCUT2D eigenvalue weighted by molar-refractivity contribution is -0.127. The summed E-state index contributed by atoms with van der Waals surface area (Å²) >= 11 is 1.70. The number of thiophene rings is 1. The third kappa shape index (κ3) is 6.88. The van der Waals surface area contributed by atoms with Crippen molar-refractivity contribution in [2.75, 3.05) is 27.2 Å². The van der Waals surface area contributed by atoms with Crippen LogP contribution in [0.4, 0.5) is 0 Å². The van der Waals surface area contributed by atoms with Crippen LogP contribution in [0.3, 0.4) is 0 Å². The molecule has 0 unspecified atom stereocenters. The maximum absolute atomic E-state index is 11.8. The Labute approximate surface area is 160 Å². The Balaban J connectivity index is 1.93. The molecule has 0 radical (unpaired) electrons. The fourth-order valence-electron chi connectivity index (χ4n) is 2.58. The van der Waals surface area contributed by atoms with Gasteiger partial charge in [-0.2, -0.15) is 0 Å². The number of guanidine groups is 1. The van der Waals surface area contributed by atoms with Gasteiger partial charge in [0.05, 0.1) is 6.54 Å². The summed E-state index contributed by atoms with van der Waals surface area (Å²) in [6, 6.07) is 10.7. The van der Waals surface area contributed by atoms with Gasteiger partial charge in [-0.05, 0) is 37.3 Å². The molecule has 1 amide bonds. The molecule has 0 saturated carbocycles. The summed E-state index contributed by atoms with van der Waals surface area (Å²) in [4.78, 5) is 19.0. The number of rotatable bonds is 7. The summed E-state index contributed by atoms with van der Waals surface area (Å²) in [7, 11) is 3.48. The lowest BCUT2D eigenvalue weighted by atomic mass is 10.1. The van der Waals surface area contributed by atoms with Crippen LogP contribution in [0.2, 0.25) is 0 Å². The Hall–Kier alpha value is -2.34. The Morgan fingerprint density at radius 1 is 1.15 bits per heavy atom. The first-order valence-corrected chi connectivity index (χ1v) is 9.64. The molecule has 0 fully saturated rings. The molecule has 140 valence electrons. The van der Waals surface area contributed by atoms with E-state index in [4.69, 9.17) is 0 Å². The molecule has 0 aliphatic rings. The van der Waals surface area contributed by atoms with Crippen LogP contribution in [-0.2, 0) is 17.8 Å². The van der Waals surface area contributed by atoms with Crippen molar-refractivity contribution < 1.29 is 4.79 Å². The number of carbonyl (C=O) groups is 1. The molecule has 26 heavy (non-hydrogen) atoms. The highest BCUT2D eigenvalue weighted by Gasteiger charge is 2.05. The summed E-state index contributed by atoms with van der Waals surface area (Å²) in [6.07, 6.45) is 0.907. The van der Waals surface area contributed by atoms with E-state index in [0.717, 1.165) is 13.0 Å². The largest absolute Gasteiger partial charge is 0.356 e. The van der Waals surface area contributed by atoms with E-state index in [1.807, 2.05) is 6.07 Å². The van der Waals surface area contributed by atoms with E-state index >= 15 is 0 Å². The van der Waals surface area contributed by atoms with Crippen LogP contribution < -0.4 is 10.6 Å². The number of aliphatic imine (C=N–C) groups is 1. The molecule has 1 aromatic heterocycles. The minimum absolute atomic E-state index is 0.0171. The van der Waals surface area contributed by atoms with Crippen molar-refractivity contribution in [1.29, 1.82) is 0 Å². The molecule has 2 N–H and O–H groups in total. The van der Waals surface area contributed by atoms with Gasteiger partial charge in [0.1, 0.15) is 6.54 Å². The van der Waals surface area contributed by atoms with E-state index in [2.05, 4.69) is 59.1 Å². The molecule has 5 nitrogen and oxygen atoms in total. The average Bonchev–Trinajstić information content (AvgIpc) is 3.09. The number of nitrogens with one attached hydrogen (secondary N) is 2. The summed E-state index contributed by atoms with van der Waals surface area (Å²) in [5, 5.41) is 8.69. The highest BCUT2D eigenvalue weighted by molar-refractivity contribution is 7.09. The van der Waals surface area contributed by atoms with Crippen LogP contribution in [0.5, 0.6) is 0 Å². The van der Waals surface area contributed by atoms with Gasteiger partial charge in [-0.15, -0.1) is 11.3 Å². The molecule has 0 spiro atoms. The van der Waals surface area contributed by atoms with Crippen molar-refractivity contribution in [1.82, 2.24) is 15.5 Å². The highest BCUT2D eigenvalue weighted by Crippen LogP contribution is 2.09. The molecule has 0 aliphatic heterocycles. The predicted molar refractivity (Wildman–Crippen MR) is 110 cm³/mol. The monoisotopic (exact) mass is 372 g/mol. The molecule has 6 heteroatoms. The second kappa shape index (κ2) is 9.97. The van der Waals surface area contributed by atoms with Crippen LogP contribution in [0.25, 0.3) is 0 Å². The van der Waals surface area contributed by atoms with Crippen molar-refractivity contribution in [2.24, 2.45) is 4.99 Å². The predicted octanol–water partition coefficient (Wildman–Crippen LogP) is 2.73. The minimum Gasteiger partial charge on any atom is -0.356 e. The molecule has 2 aromatic rings. The van der Waals surface area contributed by atoms with Crippen molar-refractivity contribution >= 4 is 23.2 Å². The van der Waals surface area contributed by atoms with Crippen LogP contribution in [-0.4, -0.2) is 44.0 Å². The number of nitrogens with zero attached hydrogens (tertiary/aromatic N) is 2. The first kappa shape index (κ1) is 20.0. The summed E-state index contributed by atoms with van der Waals surface area (Å²) in [6.45, 7) is 5.83. The molecular formula is C20H28N4OS. The molecule has 2 rings (SSSR count). The third-order valence-corrected chi connectivity index (χ3v) is 4.75. The normalized spacial score (nSPS) is 11.3. The van der Waals surface area contributed by atoms with E-state index in [1.165, 1.54) is 21.6 Å². The number of amides is 1. The first-order valence-electron chi connectivity index (χ1n) is 8.76. The van der Waals surface area contributed by atoms with Crippen molar-refractivity contribution in [3.05, 3.63) is 57.3 Å². The van der Waals surface area contributed by atoms with Crippen molar-refractivity contribution in [3.8, 4) is 0 Å². The van der Waals surface area contributed by atoms with Gasteiger partial charge in [0.25, 0.3) is 0 Å². The molecule has 0 saturated heterocycles. The number of carbonyl (C=O) groups excluding carboxylic acids is 1. The fourth-order valence-corrected chi connectivity index (χ4v) is 3.23.